The molecule has 3 aromatic carbocycles. The van der Waals surface area contributed by atoms with E-state index < -0.39 is 0 Å². The molecule has 0 spiro atoms. The number of halogens is 3. The van der Waals surface area contributed by atoms with Crippen LogP contribution in [-0.4, -0.2) is 0 Å². The first kappa shape index (κ1) is 14.2. The molecule has 21 heavy (non-hydrogen) atoms. The first-order chi connectivity index (χ1) is 10.1. The molecule has 0 amide bonds. The van der Waals surface area contributed by atoms with Crippen LogP contribution in [0.5, 0.6) is 0 Å². The molecule has 3 aromatic rings. The first-order valence-corrected chi connectivity index (χ1v) is 7.57. The van der Waals surface area contributed by atoms with Gasteiger partial charge in [0.1, 0.15) is 11.6 Å². The molecule has 3 rings (SSSR count). The van der Waals surface area contributed by atoms with Crippen molar-refractivity contribution < 1.29 is 8.78 Å². The molecular formula is C18H13BrF2. The molecule has 0 saturated carbocycles. The van der Waals surface area contributed by atoms with E-state index in [4.69, 9.17) is 0 Å². The van der Waals surface area contributed by atoms with Crippen LogP contribution < -0.4 is 0 Å². The maximum Gasteiger partial charge on any atom is 0.131 e. The van der Waals surface area contributed by atoms with E-state index in [1.165, 1.54) is 18.2 Å². The molecule has 0 radical (unpaired) electrons. The third-order valence-electron chi connectivity index (χ3n) is 3.69. The van der Waals surface area contributed by atoms with Gasteiger partial charge in [-0.3, -0.25) is 0 Å². The molecule has 1 atom stereocenters. The monoisotopic (exact) mass is 346 g/mol. The third kappa shape index (κ3) is 2.58. The normalized spacial score (nSPS) is 12.6. The molecule has 0 aliphatic heterocycles. The highest BCUT2D eigenvalue weighted by Crippen LogP contribution is 2.37. The second-order valence-corrected chi connectivity index (χ2v) is 5.96. The van der Waals surface area contributed by atoms with Gasteiger partial charge in [0.25, 0.3) is 0 Å². The predicted molar refractivity (Wildman–Crippen MR) is 85.8 cm³/mol. The van der Waals surface area contributed by atoms with Crippen molar-refractivity contribution in [2.24, 2.45) is 0 Å². The zero-order valence-corrected chi connectivity index (χ0v) is 13.0. The van der Waals surface area contributed by atoms with E-state index in [0.29, 0.717) is 5.39 Å². The highest BCUT2D eigenvalue weighted by Gasteiger charge is 2.17. The molecule has 0 aliphatic rings. The lowest BCUT2D eigenvalue weighted by Gasteiger charge is -2.16. The topological polar surface area (TPSA) is 0 Å². The largest absolute Gasteiger partial charge is 0.207 e. The average molecular weight is 347 g/mol. The lowest BCUT2D eigenvalue weighted by Crippen LogP contribution is -1.98. The van der Waals surface area contributed by atoms with Crippen molar-refractivity contribution in [2.45, 2.75) is 11.8 Å². The number of hydrogen-bond donors (Lipinski definition) is 0. The summed E-state index contributed by atoms with van der Waals surface area (Å²) in [7, 11) is 0. The summed E-state index contributed by atoms with van der Waals surface area (Å²) in [4.78, 5) is -0.182. The van der Waals surface area contributed by atoms with Crippen LogP contribution in [0.2, 0.25) is 0 Å². The molecule has 106 valence electrons. The second kappa shape index (κ2) is 5.57. The predicted octanol–water partition coefficient (Wildman–Crippen LogP) is 5.91. The Morgan fingerprint density at radius 2 is 1.57 bits per heavy atom. The van der Waals surface area contributed by atoms with Gasteiger partial charge in [-0.1, -0.05) is 52.3 Å². The summed E-state index contributed by atoms with van der Waals surface area (Å²) in [5.74, 6) is -0.517. The molecule has 1 unspecified atom stereocenters. The highest BCUT2D eigenvalue weighted by molar-refractivity contribution is 9.09. The summed E-state index contributed by atoms with van der Waals surface area (Å²) < 4.78 is 27.4. The van der Waals surface area contributed by atoms with Crippen LogP contribution in [0, 0.1) is 18.6 Å². The van der Waals surface area contributed by atoms with Crippen molar-refractivity contribution >= 4 is 26.7 Å². The summed E-state index contributed by atoms with van der Waals surface area (Å²) in [6.45, 7) is 1.94. The van der Waals surface area contributed by atoms with Gasteiger partial charge in [-0.15, -0.1) is 0 Å². The minimum atomic E-state index is -0.272. The van der Waals surface area contributed by atoms with Gasteiger partial charge in [-0.25, -0.2) is 8.78 Å². The van der Waals surface area contributed by atoms with Gasteiger partial charge in [0.05, 0.1) is 4.83 Å². The fraction of sp³-hybridized carbons (Fsp3) is 0.111. The summed E-state index contributed by atoms with van der Waals surface area (Å²) in [6, 6.07) is 15.3. The van der Waals surface area contributed by atoms with Gasteiger partial charge < -0.3 is 0 Å². The van der Waals surface area contributed by atoms with Crippen LogP contribution in [0.4, 0.5) is 8.78 Å². The van der Waals surface area contributed by atoms with Gasteiger partial charge in [-0.05, 0) is 47.2 Å². The Balaban J connectivity index is 2.20. The van der Waals surface area contributed by atoms with E-state index in [9.17, 15) is 8.78 Å². The lowest BCUT2D eigenvalue weighted by atomic mass is 9.95. The summed E-state index contributed by atoms with van der Waals surface area (Å²) in [5, 5.41) is 1.41. The Bertz CT molecular complexity index is 811. The Labute approximate surface area is 130 Å². The summed E-state index contributed by atoms with van der Waals surface area (Å²) in [5.41, 5.74) is 2.78. The second-order valence-electron chi connectivity index (χ2n) is 5.05. The van der Waals surface area contributed by atoms with E-state index in [0.717, 1.165) is 22.1 Å². The molecular weight excluding hydrogens is 334 g/mol. The Morgan fingerprint density at radius 3 is 2.33 bits per heavy atom. The molecule has 0 bridgehead atoms. The van der Waals surface area contributed by atoms with Gasteiger partial charge in [0.15, 0.2) is 0 Å². The van der Waals surface area contributed by atoms with Crippen molar-refractivity contribution in [3.8, 4) is 0 Å². The molecule has 0 nitrogen and oxygen atoms in total. The Kier molecular flexibility index (Phi) is 3.77. The van der Waals surface area contributed by atoms with Crippen LogP contribution in [0.25, 0.3) is 10.8 Å². The fourth-order valence-electron chi connectivity index (χ4n) is 2.56. The molecule has 0 saturated heterocycles. The van der Waals surface area contributed by atoms with Gasteiger partial charge in [-0.2, -0.15) is 0 Å². The number of rotatable bonds is 2. The lowest BCUT2D eigenvalue weighted by molar-refractivity contribution is 0.625. The van der Waals surface area contributed by atoms with E-state index in [-0.39, 0.29) is 16.5 Å². The minimum absolute atomic E-state index is 0.182. The van der Waals surface area contributed by atoms with Crippen LogP contribution in [0.3, 0.4) is 0 Å². The molecule has 0 N–H and O–H groups in total. The van der Waals surface area contributed by atoms with Crippen LogP contribution in [0.15, 0.2) is 54.6 Å². The fourth-order valence-corrected chi connectivity index (χ4v) is 3.45. The number of hydrogen-bond acceptors (Lipinski definition) is 0. The number of benzene rings is 3. The zero-order valence-electron chi connectivity index (χ0n) is 11.4. The summed E-state index contributed by atoms with van der Waals surface area (Å²) in [6.07, 6.45) is 0. The summed E-state index contributed by atoms with van der Waals surface area (Å²) >= 11 is 3.64. The Morgan fingerprint density at radius 1 is 0.857 bits per heavy atom. The molecule has 0 heterocycles. The third-order valence-corrected chi connectivity index (χ3v) is 4.68. The number of alkyl halides is 1. The number of aryl methyl sites for hydroxylation is 1. The van der Waals surface area contributed by atoms with E-state index in [2.05, 4.69) is 15.9 Å². The van der Waals surface area contributed by atoms with E-state index >= 15 is 0 Å². The van der Waals surface area contributed by atoms with Crippen LogP contribution >= 0.6 is 15.9 Å². The van der Waals surface area contributed by atoms with Crippen molar-refractivity contribution in [1.29, 1.82) is 0 Å². The van der Waals surface area contributed by atoms with Crippen molar-refractivity contribution in [2.75, 3.05) is 0 Å². The SMILES string of the molecule is Cc1ccc(F)cc1C(Br)c1ccc(F)c2ccccc12. The average Bonchev–Trinajstić information content (AvgIpc) is 2.50. The van der Waals surface area contributed by atoms with Crippen LogP contribution in [0.1, 0.15) is 21.5 Å². The first-order valence-electron chi connectivity index (χ1n) is 6.65. The molecule has 0 aromatic heterocycles. The van der Waals surface area contributed by atoms with Crippen molar-refractivity contribution in [3.05, 3.63) is 82.9 Å². The van der Waals surface area contributed by atoms with E-state index in [1.807, 2.05) is 25.1 Å². The van der Waals surface area contributed by atoms with Gasteiger partial charge in [0.2, 0.25) is 0 Å². The van der Waals surface area contributed by atoms with Gasteiger partial charge in [0, 0.05) is 5.39 Å². The standard InChI is InChI=1S/C18H13BrF2/c1-11-6-7-12(20)10-16(11)18(19)15-8-9-17(21)14-5-3-2-4-13(14)15/h2-10,18H,1H3. The van der Waals surface area contributed by atoms with Gasteiger partial charge >= 0.3 is 0 Å². The highest BCUT2D eigenvalue weighted by atomic mass is 79.9. The maximum absolute atomic E-state index is 13.9. The smallest absolute Gasteiger partial charge is 0.131 e. The van der Waals surface area contributed by atoms with E-state index in [1.54, 1.807) is 18.2 Å². The van der Waals surface area contributed by atoms with Crippen LogP contribution in [-0.2, 0) is 0 Å². The maximum atomic E-state index is 13.9. The Hall–Kier alpha value is -1.74. The number of fused-ring (bicyclic) bond motifs is 1. The zero-order chi connectivity index (χ0) is 15.0. The van der Waals surface area contributed by atoms with Crippen molar-refractivity contribution in [3.63, 3.8) is 0 Å². The van der Waals surface area contributed by atoms with Crippen molar-refractivity contribution in [1.82, 2.24) is 0 Å². The molecule has 0 aliphatic carbocycles. The molecule has 0 fully saturated rings. The molecule has 3 heteroatoms. The minimum Gasteiger partial charge on any atom is -0.207 e. The quantitative estimate of drug-likeness (QED) is 0.506.